The molecule has 3 aromatic rings. The zero-order valence-electron chi connectivity index (χ0n) is 17.1. The highest BCUT2D eigenvalue weighted by molar-refractivity contribution is 5.90. The number of rotatable bonds is 3. The van der Waals surface area contributed by atoms with Crippen LogP contribution in [0.5, 0.6) is 5.75 Å². The topological polar surface area (TPSA) is 108 Å². The van der Waals surface area contributed by atoms with Crippen molar-refractivity contribution in [1.29, 1.82) is 0 Å². The number of carbonyl (C=O) groups is 1. The number of aryl methyl sites for hydroxylation is 1. The van der Waals surface area contributed by atoms with Crippen LogP contribution in [0.2, 0.25) is 0 Å². The molecule has 0 saturated carbocycles. The van der Waals surface area contributed by atoms with Crippen LogP contribution in [-0.4, -0.2) is 35.5 Å². The summed E-state index contributed by atoms with van der Waals surface area (Å²) in [4.78, 5) is 43.3. The largest absolute Gasteiger partial charge is 0.508 e. The number of phenolic OH excluding ortho intramolecular Hbond substituents is 1. The summed E-state index contributed by atoms with van der Waals surface area (Å²) in [6.45, 7) is 9.03. The fourth-order valence-corrected chi connectivity index (χ4v) is 3.09. The number of imidazole rings is 1. The van der Waals surface area contributed by atoms with E-state index in [4.69, 9.17) is 4.74 Å². The maximum atomic E-state index is 13.1. The van der Waals surface area contributed by atoms with Crippen LogP contribution in [0.1, 0.15) is 34.6 Å². The Bertz CT molecular complexity index is 1190. The number of benzene rings is 1. The third kappa shape index (κ3) is 3.55. The second-order valence-corrected chi connectivity index (χ2v) is 7.55. The standard InChI is InChI=1S/C20H24N4O5/c1-6-22-16-14(17(26)23(7-2)18(22)27)24(19(28)29-20(3,4)5)15(21-16)12-8-10-13(25)11-9-12/h8-11,25H,6-7H2,1-5H3. The summed E-state index contributed by atoms with van der Waals surface area (Å²) >= 11 is 0. The highest BCUT2D eigenvalue weighted by Gasteiger charge is 2.28. The molecule has 0 aliphatic heterocycles. The molecule has 2 heterocycles. The first-order valence-corrected chi connectivity index (χ1v) is 9.37. The number of carbonyl (C=O) groups excluding carboxylic acids is 1. The van der Waals surface area contributed by atoms with E-state index in [-0.39, 0.29) is 35.8 Å². The van der Waals surface area contributed by atoms with Crippen LogP contribution in [0.25, 0.3) is 22.6 Å². The van der Waals surface area contributed by atoms with Crippen LogP contribution >= 0.6 is 0 Å². The molecule has 0 unspecified atom stereocenters. The molecule has 0 fully saturated rings. The third-order valence-corrected chi connectivity index (χ3v) is 4.36. The molecule has 0 amide bonds. The number of nitrogens with zero attached hydrogens (tertiary/aromatic N) is 4. The minimum Gasteiger partial charge on any atom is -0.508 e. The second-order valence-electron chi connectivity index (χ2n) is 7.55. The van der Waals surface area contributed by atoms with Crippen molar-refractivity contribution >= 4 is 17.3 Å². The molecule has 29 heavy (non-hydrogen) atoms. The van der Waals surface area contributed by atoms with Gasteiger partial charge in [-0.15, -0.1) is 0 Å². The van der Waals surface area contributed by atoms with Gasteiger partial charge >= 0.3 is 11.8 Å². The van der Waals surface area contributed by atoms with Gasteiger partial charge in [0.2, 0.25) is 0 Å². The number of ether oxygens (including phenoxy) is 1. The Hall–Kier alpha value is -3.36. The average molecular weight is 400 g/mol. The lowest BCUT2D eigenvalue weighted by molar-refractivity contribution is 0.0546. The number of hydrogen-bond donors (Lipinski definition) is 1. The summed E-state index contributed by atoms with van der Waals surface area (Å²) in [7, 11) is 0. The fourth-order valence-electron chi connectivity index (χ4n) is 3.09. The zero-order valence-corrected chi connectivity index (χ0v) is 17.1. The van der Waals surface area contributed by atoms with Crippen molar-refractivity contribution in [2.45, 2.75) is 53.3 Å². The predicted molar refractivity (Wildman–Crippen MR) is 108 cm³/mol. The number of phenols is 1. The summed E-state index contributed by atoms with van der Waals surface area (Å²) in [5.74, 6) is 0.203. The van der Waals surface area contributed by atoms with Crippen LogP contribution in [0.15, 0.2) is 33.9 Å². The summed E-state index contributed by atoms with van der Waals surface area (Å²) in [6, 6.07) is 6.05. The van der Waals surface area contributed by atoms with Crippen molar-refractivity contribution in [3.63, 3.8) is 0 Å². The van der Waals surface area contributed by atoms with Crippen LogP contribution in [0, 0.1) is 0 Å². The Kier molecular flexibility index (Phi) is 5.08. The second kappa shape index (κ2) is 7.23. The van der Waals surface area contributed by atoms with E-state index in [1.807, 2.05) is 0 Å². The van der Waals surface area contributed by atoms with E-state index in [0.717, 1.165) is 9.13 Å². The van der Waals surface area contributed by atoms with Gasteiger partial charge in [0.15, 0.2) is 17.0 Å². The zero-order chi connectivity index (χ0) is 21.5. The van der Waals surface area contributed by atoms with E-state index >= 15 is 0 Å². The molecular formula is C20H24N4O5. The van der Waals surface area contributed by atoms with Gasteiger partial charge in [0, 0.05) is 18.7 Å². The fraction of sp³-hybridized carbons (Fsp3) is 0.400. The third-order valence-electron chi connectivity index (χ3n) is 4.36. The van der Waals surface area contributed by atoms with Gasteiger partial charge in [0.1, 0.15) is 11.4 Å². The van der Waals surface area contributed by atoms with Crippen molar-refractivity contribution in [3.05, 3.63) is 45.1 Å². The Morgan fingerprint density at radius 1 is 1.07 bits per heavy atom. The molecule has 0 aliphatic carbocycles. The first-order chi connectivity index (χ1) is 13.6. The van der Waals surface area contributed by atoms with Gasteiger partial charge < -0.3 is 9.84 Å². The van der Waals surface area contributed by atoms with E-state index < -0.39 is 22.9 Å². The summed E-state index contributed by atoms with van der Waals surface area (Å²) in [5, 5.41) is 9.59. The molecule has 1 aromatic carbocycles. The maximum absolute atomic E-state index is 13.1. The van der Waals surface area contributed by atoms with E-state index in [1.54, 1.807) is 46.8 Å². The van der Waals surface area contributed by atoms with Crippen molar-refractivity contribution in [1.82, 2.24) is 18.7 Å². The minimum atomic E-state index is -0.803. The van der Waals surface area contributed by atoms with Gasteiger partial charge in [-0.3, -0.25) is 13.9 Å². The smallest absolute Gasteiger partial charge is 0.421 e. The van der Waals surface area contributed by atoms with Crippen LogP contribution in [0.4, 0.5) is 4.79 Å². The van der Waals surface area contributed by atoms with E-state index in [1.165, 1.54) is 16.7 Å². The molecule has 0 bridgehead atoms. The van der Waals surface area contributed by atoms with E-state index in [0.29, 0.717) is 5.56 Å². The van der Waals surface area contributed by atoms with Crippen LogP contribution in [-0.2, 0) is 17.8 Å². The lowest BCUT2D eigenvalue weighted by atomic mass is 10.2. The number of aromatic hydroxyl groups is 1. The van der Waals surface area contributed by atoms with Crippen LogP contribution < -0.4 is 11.2 Å². The Balaban J connectivity index is 2.47. The molecule has 154 valence electrons. The maximum Gasteiger partial charge on any atom is 0.421 e. The van der Waals surface area contributed by atoms with Gasteiger partial charge in [0.25, 0.3) is 5.56 Å². The summed E-state index contributed by atoms with van der Waals surface area (Å²) in [6.07, 6.45) is -0.774. The van der Waals surface area contributed by atoms with Crippen molar-refractivity contribution < 1.29 is 14.6 Å². The Labute approximate surface area is 166 Å². The molecule has 0 radical (unpaired) electrons. The van der Waals surface area contributed by atoms with Gasteiger partial charge in [-0.2, -0.15) is 0 Å². The lowest BCUT2D eigenvalue weighted by Crippen LogP contribution is -2.40. The molecular weight excluding hydrogens is 376 g/mol. The molecule has 1 N–H and O–H groups in total. The van der Waals surface area contributed by atoms with E-state index in [9.17, 15) is 19.5 Å². The Morgan fingerprint density at radius 2 is 1.66 bits per heavy atom. The lowest BCUT2D eigenvalue weighted by Gasteiger charge is -2.20. The molecule has 0 aliphatic rings. The molecule has 9 heteroatoms. The molecule has 0 spiro atoms. The number of hydrogen-bond acceptors (Lipinski definition) is 6. The molecule has 9 nitrogen and oxygen atoms in total. The van der Waals surface area contributed by atoms with Crippen molar-refractivity contribution in [2.75, 3.05) is 0 Å². The average Bonchev–Trinajstić information content (AvgIpc) is 3.02. The summed E-state index contributed by atoms with van der Waals surface area (Å²) in [5.41, 5.74) is -1.32. The predicted octanol–water partition coefficient (Wildman–Crippen LogP) is 2.56. The van der Waals surface area contributed by atoms with Crippen LogP contribution in [0.3, 0.4) is 0 Å². The minimum absolute atomic E-state index is 0.0226. The first kappa shape index (κ1) is 20.4. The Morgan fingerprint density at radius 3 is 2.17 bits per heavy atom. The summed E-state index contributed by atoms with van der Waals surface area (Å²) < 4.78 is 9.03. The first-order valence-electron chi connectivity index (χ1n) is 9.37. The number of aromatic nitrogens is 4. The van der Waals surface area contributed by atoms with Gasteiger partial charge in [-0.05, 0) is 58.9 Å². The number of fused-ring (bicyclic) bond motifs is 1. The highest BCUT2D eigenvalue weighted by Crippen LogP contribution is 2.25. The quantitative estimate of drug-likeness (QED) is 0.724. The molecule has 0 atom stereocenters. The van der Waals surface area contributed by atoms with Crippen molar-refractivity contribution in [2.24, 2.45) is 0 Å². The van der Waals surface area contributed by atoms with Crippen molar-refractivity contribution in [3.8, 4) is 17.1 Å². The molecule has 3 rings (SSSR count). The van der Waals surface area contributed by atoms with E-state index in [2.05, 4.69) is 4.98 Å². The van der Waals surface area contributed by atoms with Gasteiger partial charge in [0.05, 0.1) is 0 Å². The van der Waals surface area contributed by atoms with Gasteiger partial charge in [-0.1, -0.05) is 0 Å². The molecule has 0 saturated heterocycles. The SMILES string of the molecule is CCn1c(=O)c2c(nc(-c3ccc(O)cc3)n2C(=O)OC(C)(C)C)n(CC)c1=O. The van der Waals surface area contributed by atoms with Gasteiger partial charge in [-0.25, -0.2) is 19.1 Å². The normalized spacial score (nSPS) is 11.8. The monoisotopic (exact) mass is 400 g/mol. The highest BCUT2D eigenvalue weighted by atomic mass is 16.6. The molecule has 2 aromatic heterocycles.